The molecule has 0 aromatic heterocycles. The second kappa shape index (κ2) is 4.27. The molecule has 3 nitrogen and oxygen atoms in total. The Kier molecular flexibility index (Phi) is 2.89. The van der Waals surface area contributed by atoms with Gasteiger partial charge in [-0.05, 0) is 44.9 Å². The maximum atomic E-state index is 12.6. The van der Waals surface area contributed by atoms with Crippen LogP contribution in [0.3, 0.4) is 0 Å². The Balaban J connectivity index is 1.69. The maximum absolute atomic E-state index is 12.6. The van der Waals surface area contributed by atoms with Gasteiger partial charge in [-0.25, -0.2) is 0 Å². The van der Waals surface area contributed by atoms with Crippen LogP contribution in [0.5, 0.6) is 0 Å². The number of hydrogen-bond donors (Lipinski definition) is 1. The van der Waals surface area contributed by atoms with Gasteiger partial charge in [-0.3, -0.25) is 4.79 Å². The summed E-state index contributed by atoms with van der Waals surface area (Å²) in [5, 5.41) is 3.45. The number of nitrogens with zero attached hydrogens (tertiary/aromatic N) is 1. The molecule has 17 heavy (non-hydrogen) atoms. The van der Waals surface area contributed by atoms with Crippen LogP contribution in [0.4, 0.5) is 0 Å². The van der Waals surface area contributed by atoms with Crippen LogP contribution in [-0.2, 0) is 4.79 Å². The van der Waals surface area contributed by atoms with Gasteiger partial charge in [0.1, 0.15) is 0 Å². The van der Waals surface area contributed by atoms with E-state index < -0.39 is 0 Å². The van der Waals surface area contributed by atoms with Gasteiger partial charge < -0.3 is 10.2 Å². The molecule has 3 aliphatic rings. The van der Waals surface area contributed by atoms with Gasteiger partial charge in [-0.15, -0.1) is 0 Å². The average Bonchev–Trinajstić information content (AvgIpc) is 2.93. The van der Waals surface area contributed by atoms with E-state index in [2.05, 4.69) is 24.1 Å². The first-order valence-electron chi connectivity index (χ1n) is 7.19. The Hall–Kier alpha value is -0.570. The third-order valence-electron chi connectivity index (χ3n) is 5.10. The van der Waals surface area contributed by atoms with E-state index in [-0.39, 0.29) is 0 Å². The van der Waals surface area contributed by atoms with Crippen LogP contribution in [0.25, 0.3) is 0 Å². The van der Waals surface area contributed by atoms with Crippen LogP contribution in [0.2, 0.25) is 0 Å². The first-order valence-corrected chi connectivity index (χ1v) is 7.19. The van der Waals surface area contributed by atoms with E-state index in [1.165, 1.54) is 25.7 Å². The minimum atomic E-state index is 0.362. The monoisotopic (exact) mass is 236 g/mol. The standard InChI is InChI=1S/C14H24N2O/c1-9-8-16(10(2)7-15-9)14(17)13-6-11-3-4-12(13)5-11/h9-13,15H,3-8H2,1-2H3. The van der Waals surface area contributed by atoms with E-state index in [1.807, 2.05) is 0 Å². The predicted octanol–water partition coefficient (Wildman–Crippen LogP) is 1.63. The molecule has 1 amide bonds. The van der Waals surface area contributed by atoms with Crippen molar-refractivity contribution in [2.45, 2.75) is 51.6 Å². The van der Waals surface area contributed by atoms with Crippen molar-refractivity contribution in [2.24, 2.45) is 17.8 Å². The highest BCUT2D eigenvalue weighted by atomic mass is 16.2. The highest BCUT2D eigenvalue weighted by molar-refractivity contribution is 5.80. The smallest absolute Gasteiger partial charge is 0.226 e. The normalized spacial score (nSPS) is 45.3. The molecule has 96 valence electrons. The lowest BCUT2D eigenvalue weighted by atomic mass is 9.87. The number of piperazine rings is 1. The van der Waals surface area contributed by atoms with Gasteiger partial charge in [0.15, 0.2) is 0 Å². The average molecular weight is 236 g/mol. The zero-order chi connectivity index (χ0) is 12.0. The van der Waals surface area contributed by atoms with E-state index in [9.17, 15) is 4.79 Å². The number of carbonyl (C=O) groups excluding carboxylic acids is 1. The van der Waals surface area contributed by atoms with Crippen molar-refractivity contribution >= 4 is 5.91 Å². The molecule has 1 aliphatic heterocycles. The molecule has 1 N–H and O–H groups in total. The molecule has 5 unspecified atom stereocenters. The van der Waals surface area contributed by atoms with E-state index in [0.29, 0.717) is 29.8 Å². The summed E-state index contributed by atoms with van der Waals surface area (Å²) in [5.41, 5.74) is 0. The van der Waals surface area contributed by atoms with Crippen LogP contribution >= 0.6 is 0 Å². The zero-order valence-corrected chi connectivity index (χ0v) is 11.0. The van der Waals surface area contributed by atoms with Crippen LogP contribution < -0.4 is 5.32 Å². The van der Waals surface area contributed by atoms with E-state index in [0.717, 1.165) is 19.0 Å². The van der Waals surface area contributed by atoms with Crippen LogP contribution in [-0.4, -0.2) is 36.0 Å². The topological polar surface area (TPSA) is 32.3 Å². The Labute approximate surface area is 104 Å². The molecule has 0 radical (unpaired) electrons. The lowest BCUT2D eigenvalue weighted by Crippen LogP contribution is -2.57. The number of hydrogen-bond acceptors (Lipinski definition) is 2. The van der Waals surface area contributed by atoms with Crippen LogP contribution in [0.1, 0.15) is 39.5 Å². The highest BCUT2D eigenvalue weighted by Crippen LogP contribution is 2.49. The van der Waals surface area contributed by atoms with Crippen molar-refractivity contribution in [3.8, 4) is 0 Å². The summed E-state index contributed by atoms with van der Waals surface area (Å²) in [6.45, 7) is 6.19. The number of amides is 1. The van der Waals surface area contributed by atoms with Gasteiger partial charge in [0.25, 0.3) is 0 Å². The molecule has 0 aromatic rings. The lowest BCUT2D eigenvalue weighted by molar-refractivity contribution is -0.140. The largest absolute Gasteiger partial charge is 0.337 e. The number of fused-ring (bicyclic) bond motifs is 2. The Morgan fingerprint density at radius 3 is 2.71 bits per heavy atom. The number of carbonyl (C=O) groups is 1. The number of nitrogens with one attached hydrogen (secondary N) is 1. The van der Waals surface area contributed by atoms with Crippen molar-refractivity contribution in [2.75, 3.05) is 13.1 Å². The summed E-state index contributed by atoms with van der Waals surface area (Å²) in [6.07, 6.45) is 5.18. The first kappa shape index (κ1) is 11.5. The molecule has 0 aromatic carbocycles. The first-order chi connectivity index (χ1) is 8.15. The summed E-state index contributed by atoms with van der Waals surface area (Å²) >= 11 is 0. The molecule has 3 rings (SSSR count). The Morgan fingerprint density at radius 1 is 1.24 bits per heavy atom. The van der Waals surface area contributed by atoms with Crippen molar-refractivity contribution in [3.63, 3.8) is 0 Å². The van der Waals surface area contributed by atoms with Gasteiger partial charge in [0.05, 0.1) is 0 Å². The molecule has 1 heterocycles. The maximum Gasteiger partial charge on any atom is 0.226 e. The third kappa shape index (κ3) is 1.99. The summed E-state index contributed by atoms with van der Waals surface area (Å²) in [5.74, 6) is 2.40. The Morgan fingerprint density at radius 2 is 2.06 bits per heavy atom. The SMILES string of the molecule is CC1CN(C(=O)C2CC3CCC2C3)C(C)CN1. The second-order valence-corrected chi connectivity index (χ2v) is 6.43. The predicted molar refractivity (Wildman–Crippen MR) is 67.6 cm³/mol. The van der Waals surface area contributed by atoms with E-state index >= 15 is 0 Å². The molecule has 3 heteroatoms. The lowest BCUT2D eigenvalue weighted by Gasteiger charge is -2.40. The fraction of sp³-hybridized carbons (Fsp3) is 0.929. The van der Waals surface area contributed by atoms with Gasteiger partial charge in [-0.2, -0.15) is 0 Å². The van der Waals surface area contributed by atoms with E-state index in [1.54, 1.807) is 0 Å². The molecule has 2 saturated carbocycles. The molecular weight excluding hydrogens is 212 g/mol. The second-order valence-electron chi connectivity index (χ2n) is 6.43. The zero-order valence-electron chi connectivity index (χ0n) is 11.0. The fourth-order valence-corrected chi connectivity index (χ4v) is 4.09. The minimum Gasteiger partial charge on any atom is -0.337 e. The molecule has 3 fully saturated rings. The molecule has 0 spiro atoms. The van der Waals surface area contributed by atoms with E-state index in [4.69, 9.17) is 0 Å². The van der Waals surface area contributed by atoms with Crippen molar-refractivity contribution in [1.82, 2.24) is 10.2 Å². The summed E-state index contributed by atoms with van der Waals surface area (Å²) in [4.78, 5) is 14.8. The fourth-order valence-electron chi connectivity index (χ4n) is 4.09. The third-order valence-corrected chi connectivity index (χ3v) is 5.10. The molecular formula is C14H24N2O. The molecule has 2 aliphatic carbocycles. The molecule has 5 atom stereocenters. The van der Waals surface area contributed by atoms with Crippen LogP contribution in [0, 0.1) is 17.8 Å². The summed E-state index contributed by atoms with van der Waals surface area (Å²) in [7, 11) is 0. The van der Waals surface area contributed by atoms with Gasteiger partial charge >= 0.3 is 0 Å². The summed E-state index contributed by atoms with van der Waals surface area (Å²) < 4.78 is 0. The molecule has 2 bridgehead atoms. The quantitative estimate of drug-likeness (QED) is 0.750. The van der Waals surface area contributed by atoms with Gasteiger partial charge in [0.2, 0.25) is 5.91 Å². The molecule has 1 saturated heterocycles. The van der Waals surface area contributed by atoms with Crippen LogP contribution in [0.15, 0.2) is 0 Å². The Bertz CT molecular complexity index is 317. The van der Waals surface area contributed by atoms with Crippen molar-refractivity contribution < 1.29 is 4.79 Å². The van der Waals surface area contributed by atoms with Gasteiger partial charge in [-0.1, -0.05) is 6.42 Å². The van der Waals surface area contributed by atoms with Gasteiger partial charge in [0, 0.05) is 31.1 Å². The summed E-state index contributed by atoms with van der Waals surface area (Å²) in [6, 6.07) is 0.826. The van der Waals surface area contributed by atoms with Crippen molar-refractivity contribution in [1.29, 1.82) is 0 Å². The highest BCUT2D eigenvalue weighted by Gasteiger charge is 2.45. The number of rotatable bonds is 1. The minimum absolute atomic E-state index is 0.362. The van der Waals surface area contributed by atoms with Crippen molar-refractivity contribution in [3.05, 3.63) is 0 Å².